The smallest absolute Gasteiger partial charge is 0.124 e. The van der Waals surface area contributed by atoms with E-state index in [-0.39, 0.29) is 6.10 Å². The predicted octanol–water partition coefficient (Wildman–Crippen LogP) is 3.95. The molecule has 3 heteroatoms. The lowest BCUT2D eigenvalue weighted by atomic mass is 10.2. The molecule has 1 saturated carbocycles. The van der Waals surface area contributed by atoms with Crippen LogP contribution in [0.4, 0.5) is 0 Å². The number of aryl methyl sites for hydroxylation is 1. The van der Waals surface area contributed by atoms with Crippen LogP contribution in [0.25, 0.3) is 0 Å². The van der Waals surface area contributed by atoms with Crippen molar-refractivity contribution >= 4 is 11.6 Å². The largest absolute Gasteiger partial charge is 0.489 e. The molecule has 0 amide bonds. The topological polar surface area (TPSA) is 21.3 Å². The van der Waals surface area contributed by atoms with Crippen molar-refractivity contribution in [2.75, 3.05) is 6.54 Å². The highest BCUT2D eigenvalue weighted by atomic mass is 35.5. The zero-order valence-corrected chi connectivity index (χ0v) is 12.0. The Bertz CT molecular complexity index is 390. The van der Waals surface area contributed by atoms with Gasteiger partial charge in [-0.3, -0.25) is 0 Å². The van der Waals surface area contributed by atoms with Crippen molar-refractivity contribution in [2.24, 2.45) is 0 Å². The average molecular weight is 268 g/mol. The van der Waals surface area contributed by atoms with Gasteiger partial charge < -0.3 is 10.1 Å². The lowest BCUT2D eigenvalue weighted by Gasteiger charge is -2.20. The molecule has 1 fully saturated rings. The minimum Gasteiger partial charge on any atom is -0.489 e. The maximum absolute atomic E-state index is 6.10. The van der Waals surface area contributed by atoms with E-state index in [4.69, 9.17) is 16.3 Å². The van der Waals surface area contributed by atoms with E-state index in [0.717, 1.165) is 41.8 Å². The predicted molar refractivity (Wildman–Crippen MR) is 76.5 cm³/mol. The van der Waals surface area contributed by atoms with Crippen LogP contribution in [0.5, 0.6) is 5.75 Å². The fraction of sp³-hybridized carbons (Fsp3) is 0.600. The van der Waals surface area contributed by atoms with Crippen molar-refractivity contribution in [3.63, 3.8) is 0 Å². The Kier molecular flexibility index (Phi) is 4.90. The van der Waals surface area contributed by atoms with Gasteiger partial charge in [-0.2, -0.15) is 0 Å². The molecule has 1 aromatic rings. The van der Waals surface area contributed by atoms with Crippen molar-refractivity contribution in [1.82, 2.24) is 5.32 Å². The summed E-state index contributed by atoms with van der Waals surface area (Å²) in [7, 11) is 0. The van der Waals surface area contributed by atoms with Crippen LogP contribution in [0.2, 0.25) is 5.02 Å². The number of rotatable bonds is 7. The Balaban J connectivity index is 1.94. The number of ether oxygens (including phenoxy) is 1. The number of halogens is 1. The highest BCUT2D eigenvalue weighted by molar-refractivity contribution is 6.30. The Morgan fingerprint density at radius 3 is 2.89 bits per heavy atom. The molecule has 0 aliphatic heterocycles. The van der Waals surface area contributed by atoms with E-state index in [1.54, 1.807) is 0 Å². The zero-order chi connectivity index (χ0) is 13.0. The van der Waals surface area contributed by atoms with Crippen LogP contribution in [0, 0.1) is 6.92 Å². The lowest BCUT2D eigenvalue weighted by Crippen LogP contribution is -2.32. The van der Waals surface area contributed by atoms with E-state index < -0.39 is 0 Å². The first-order valence-electron chi connectivity index (χ1n) is 6.85. The molecule has 0 saturated heterocycles. The van der Waals surface area contributed by atoms with Gasteiger partial charge in [0.1, 0.15) is 11.9 Å². The van der Waals surface area contributed by atoms with E-state index in [2.05, 4.69) is 19.2 Å². The van der Waals surface area contributed by atoms with Crippen LogP contribution in [0.1, 0.15) is 38.2 Å². The summed E-state index contributed by atoms with van der Waals surface area (Å²) < 4.78 is 6.10. The van der Waals surface area contributed by atoms with E-state index in [0.29, 0.717) is 0 Å². The molecule has 0 radical (unpaired) electrons. The summed E-state index contributed by atoms with van der Waals surface area (Å²) in [4.78, 5) is 0. The first-order valence-corrected chi connectivity index (χ1v) is 7.23. The normalized spacial score (nSPS) is 16.6. The van der Waals surface area contributed by atoms with Crippen molar-refractivity contribution in [3.05, 3.63) is 28.8 Å². The van der Waals surface area contributed by atoms with Crippen molar-refractivity contribution in [3.8, 4) is 5.75 Å². The van der Waals surface area contributed by atoms with Crippen LogP contribution in [-0.4, -0.2) is 18.7 Å². The summed E-state index contributed by atoms with van der Waals surface area (Å²) in [6.07, 6.45) is 5.08. The third-order valence-corrected chi connectivity index (χ3v) is 3.50. The quantitative estimate of drug-likeness (QED) is 0.808. The fourth-order valence-corrected chi connectivity index (χ4v) is 2.15. The second-order valence-corrected chi connectivity index (χ2v) is 5.56. The minimum absolute atomic E-state index is 0.243. The van der Waals surface area contributed by atoms with Gasteiger partial charge >= 0.3 is 0 Å². The van der Waals surface area contributed by atoms with E-state index in [9.17, 15) is 0 Å². The van der Waals surface area contributed by atoms with Crippen molar-refractivity contribution < 1.29 is 4.74 Å². The lowest BCUT2D eigenvalue weighted by molar-refractivity contribution is 0.185. The number of hydrogen-bond donors (Lipinski definition) is 1. The summed E-state index contributed by atoms with van der Waals surface area (Å²) in [5, 5.41) is 4.27. The van der Waals surface area contributed by atoms with Gasteiger partial charge in [-0.05, 0) is 43.9 Å². The first kappa shape index (κ1) is 13.7. The molecule has 18 heavy (non-hydrogen) atoms. The summed E-state index contributed by atoms with van der Waals surface area (Å²) in [6.45, 7) is 5.19. The van der Waals surface area contributed by atoms with Crippen LogP contribution in [0.3, 0.4) is 0 Å². The molecule has 100 valence electrons. The van der Waals surface area contributed by atoms with Crippen LogP contribution in [-0.2, 0) is 0 Å². The molecule has 1 unspecified atom stereocenters. The molecule has 0 heterocycles. The molecule has 1 N–H and O–H groups in total. The third-order valence-electron chi connectivity index (χ3n) is 3.27. The number of hydrogen-bond acceptors (Lipinski definition) is 2. The molecular formula is C15H22ClNO. The van der Waals surface area contributed by atoms with Crippen LogP contribution in [0.15, 0.2) is 18.2 Å². The highest BCUT2D eigenvalue weighted by Crippen LogP contribution is 2.25. The standard InChI is InChI=1S/C15H22ClNO/c1-3-4-14(10-17-13-7-8-13)18-15-9-12(16)6-5-11(15)2/h5-6,9,13-14,17H,3-4,7-8,10H2,1-2H3. The molecule has 1 aliphatic rings. The first-order chi connectivity index (χ1) is 8.69. The molecule has 0 aromatic heterocycles. The van der Waals surface area contributed by atoms with Gasteiger partial charge in [-0.15, -0.1) is 0 Å². The van der Waals surface area contributed by atoms with Gasteiger partial charge in [0, 0.05) is 17.6 Å². The van der Waals surface area contributed by atoms with Gasteiger partial charge in [-0.25, -0.2) is 0 Å². The molecule has 1 aromatic carbocycles. The van der Waals surface area contributed by atoms with E-state index in [1.807, 2.05) is 18.2 Å². The third kappa shape index (κ3) is 4.18. The second kappa shape index (κ2) is 6.44. The Hall–Kier alpha value is -0.730. The molecule has 1 aliphatic carbocycles. The van der Waals surface area contributed by atoms with Gasteiger partial charge in [-0.1, -0.05) is 31.0 Å². The molecule has 2 rings (SSSR count). The highest BCUT2D eigenvalue weighted by Gasteiger charge is 2.22. The Labute approximate surface area is 115 Å². The van der Waals surface area contributed by atoms with Crippen molar-refractivity contribution in [1.29, 1.82) is 0 Å². The van der Waals surface area contributed by atoms with Gasteiger partial charge in [0.2, 0.25) is 0 Å². The van der Waals surface area contributed by atoms with E-state index >= 15 is 0 Å². The molecule has 0 spiro atoms. The summed E-state index contributed by atoms with van der Waals surface area (Å²) in [5.74, 6) is 0.915. The molecule has 2 nitrogen and oxygen atoms in total. The number of nitrogens with one attached hydrogen (secondary N) is 1. The average Bonchev–Trinajstić information content (AvgIpc) is 3.15. The molecule has 0 bridgehead atoms. The van der Waals surface area contributed by atoms with E-state index in [1.165, 1.54) is 12.8 Å². The maximum Gasteiger partial charge on any atom is 0.124 e. The van der Waals surface area contributed by atoms with Crippen LogP contribution < -0.4 is 10.1 Å². The molecular weight excluding hydrogens is 246 g/mol. The van der Waals surface area contributed by atoms with Crippen LogP contribution >= 0.6 is 11.6 Å². The zero-order valence-electron chi connectivity index (χ0n) is 11.2. The molecule has 1 atom stereocenters. The van der Waals surface area contributed by atoms with Gasteiger partial charge in [0.15, 0.2) is 0 Å². The Morgan fingerprint density at radius 1 is 1.44 bits per heavy atom. The summed E-state index contributed by atoms with van der Waals surface area (Å²) >= 11 is 6.02. The number of benzene rings is 1. The second-order valence-electron chi connectivity index (χ2n) is 5.12. The fourth-order valence-electron chi connectivity index (χ4n) is 1.99. The summed E-state index contributed by atoms with van der Waals surface area (Å²) in [6, 6.07) is 6.56. The van der Waals surface area contributed by atoms with Crippen molar-refractivity contribution in [2.45, 2.75) is 51.7 Å². The Morgan fingerprint density at radius 2 is 2.22 bits per heavy atom. The SMILES string of the molecule is CCCC(CNC1CC1)Oc1cc(Cl)ccc1C. The summed E-state index contributed by atoms with van der Waals surface area (Å²) in [5.41, 5.74) is 1.15. The maximum atomic E-state index is 6.10. The minimum atomic E-state index is 0.243. The van der Waals surface area contributed by atoms with Gasteiger partial charge in [0.05, 0.1) is 0 Å². The monoisotopic (exact) mass is 267 g/mol. The van der Waals surface area contributed by atoms with Gasteiger partial charge in [0.25, 0.3) is 0 Å².